The Morgan fingerprint density at radius 1 is 1.12 bits per heavy atom. The van der Waals surface area contributed by atoms with Crippen molar-refractivity contribution in [1.29, 1.82) is 5.26 Å². The predicted molar refractivity (Wildman–Crippen MR) is 129 cm³/mol. The van der Waals surface area contributed by atoms with Gasteiger partial charge in [-0.1, -0.05) is 56.7 Å². The molecule has 0 amide bonds. The molecule has 2 aliphatic rings. The Kier molecular flexibility index (Phi) is 5.46. The summed E-state index contributed by atoms with van der Waals surface area (Å²) in [5.41, 5.74) is 14.0. The maximum atomic E-state index is 13.6. The van der Waals surface area contributed by atoms with Gasteiger partial charge in [0.25, 0.3) is 0 Å². The van der Waals surface area contributed by atoms with Gasteiger partial charge >= 0.3 is 0 Å². The third kappa shape index (κ3) is 3.62. The number of aryl methyl sites for hydroxylation is 3. The highest BCUT2D eigenvalue weighted by Crippen LogP contribution is 2.50. The molecule has 4 rings (SSSR count). The Hall–Kier alpha value is -3.32. The molecule has 0 saturated heterocycles. The topological polar surface area (TPSA) is 70.1 Å². The van der Waals surface area contributed by atoms with E-state index in [1.807, 2.05) is 43.0 Å². The molecule has 1 unspecified atom stereocenters. The largest absolute Gasteiger partial charge is 0.384 e. The Bertz CT molecular complexity index is 1190. The van der Waals surface area contributed by atoms with Crippen molar-refractivity contribution in [2.75, 3.05) is 4.90 Å². The molecule has 0 saturated carbocycles. The number of hydrogen-bond donors (Lipinski definition) is 1. The fourth-order valence-electron chi connectivity index (χ4n) is 5.14. The van der Waals surface area contributed by atoms with Gasteiger partial charge in [-0.05, 0) is 60.9 Å². The quantitative estimate of drug-likeness (QED) is 0.674. The van der Waals surface area contributed by atoms with E-state index in [0.29, 0.717) is 17.8 Å². The number of Topliss-reactive ketones (excluding diaryl/α,β-unsaturated/α-hetero) is 1. The number of carbonyl (C=O) groups is 1. The highest BCUT2D eigenvalue weighted by Gasteiger charge is 2.44. The molecule has 1 aliphatic carbocycles. The standard InChI is InChI=1S/C28H31N3O/c1-6-19-8-10-20(11-9-19)31-23-14-28(4,5)15-24(32)26(23)25(22(16-29)27(31)30)21-12-7-17(2)13-18(21)3/h7-13,25H,6,14-15,30H2,1-5H3. The van der Waals surface area contributed by atoms with Crippen LogP contribution in [0.25, 0.3) is 0 Å². The maximum absolute atomic E-state index is 13.6. The molecule has 4 heteroatoms. The van der Waals surface area contributed by atoms with Crippen molar-refractivity contribution in [2.24, 2.45) is 11.1 Å². The second-order valence-corrected chi connectivity index (χ2v) is 9.86. The zero-order valence-corrected chi connectivity index (χ0v) is 19.6. The van der Waals surface area contributed by atoms with E-state index in [9.17, 15) is 10.1 Å². The number of anilines is 1. The molecule has 0 aromatic heterocycles. The number of hydrogen-bond acceptors (Lipinski definition) is 4. The number of ketones is 1. The van der Waals surface area contributed by atoms with Crippen molar-refractivity contribution in [1.82, 2.24) is 0 Å². The average molecular weight is 426 g/mol. The van der Waals surface area contributed by atoms with Crippen LogP contribution in [0, 0.1) is 30.6 Å². The second-order valence-electron chi connectivity index (χ2n) is 9.86. The Morgan fingerprint density at radius 3 is 2.41 bits per heavy atom. The molecule has 1 heterocycles. The molecule has 0 spiro atoms. The number of allylic oxidation sites excluding steroid dienone is 3. The van der Waals surface area contributed by atoms with E-state index in [-0.39, 0.29) is 11.2 Å². The summed E-state index contributed by atoms with van der Waals surface area (Å²) < 4.78 is 0. The smallest absolute Gasteiger partial charge is 0.162 e. The lowest BCUT2D eigenvalue weighted by atomic mass is 9.68. The Balaban J connectivity index is 1.99. The molecule has 0 fully saturated rings. The fraction of sp³-hybridized carbons (Fsp3) is 0.357. The molecule has 2 N–H and O–H groups in total. The van der Waals surface area contributed by atoms with Gasteiger partial charge in [0.2, 0.25) is 0 Å². The summed E-state index contributed by atoms with van der Waals surface area (Å²) in [7, 11) is 0. The molecule has 0 bridgehead atoms. The van der Waals surface area contributed by atoms with Crippen LogP contribution in [-0.4, -0.2) is 5.78 Å². The van der Waals surface area contributed by atoms with Gasteiger partial charge < -0.3 is 5.73 Å². The number of nitrogens with two attached hydrogens (primary N) is 1. The Labute approximate surface area is 191 Å². The molecule has 0 radical (unpaired) electrons. The van der Waals surface area contributed by atoms with Crippen LogP contribution in [0.3, 0.4) is 0 Å². The predicted octanol–water partition coefficient (Wildman–Crippen LogP) is 5.81. The van der Waals surface area contributed by atoms with E-state index in [1.54, 1.807) is 0 Å². The van der Waals surface area contributed by atoms with Crippen LogP contribution >= 0.6 is 0 Å². The van der Waals surface area contributed by atoms with Gasteiger partial charge in [0, 0.05) is 23.4 Å². The van der Waals surface area contributed by atoms with E-state index in [1.165, 1.54) is 5.56 Å². The molecule has 2 aromatic rings. The van der Waals surface area contributed by atoms with Crippen LogP contribution in [0.5, 0.6) is 0 Å². The molecule has 2 aromatic carbocycles. The lowest BCUT2D eigenvalue weighted by molar-refractivity contribution is -0.118. The third-order valence-electron chi connectivity index (χ3n) is 6.72. The summed E-state index contributed by atoms with van der Waals surface area (Å²) in [6, 6.07) is 16.8. The van der Waals surface area contributed by atoms with Crippen LogP contribution in [0.15, 0.2) is 65.1 Å². The highest BCUT2D eigenvalue weighted by molar-refractivity contribution is 6.01. The highest BCUT2D eigenvalue weighted by atomic mass is 16.1. The molecule has 4 nitrogen and oxygen atoms in total. The lowest BCUT2D eigenvalue weighted by Crippen LogP contribution is -2.42. The van der Waals surface area contributed by atoms with Gasteiger partial charge in [-0.15, -0.1) is 0 Å². The molecular formula is C28H31N3O. The fourth-order valence-corrected chi connectivity index (χ4v) is 5.14. The van der Waals surface area contributed by atoms with Crippen molar-refractivity contribution >= 4 is 11.5 Å². The Morgan fingerprint density at radius 2 is 1.81 bits per heavy atom. The van der Waals surface area contributed by atoms with E-state index >= 15 is 0 Å². The monoisotopic (exact) mass is 425 g/mol. The number of nitriles is 1. The van der Waals surface area contributed by atoms with Crippen molar-refractivity contribution in [3.63, 3.8) is 0 Å². The molecular weight excluding hydrogens is 394 g/mol. The van der Waals surface area contributed by atoms with Crippen LogP contribution in [-0.2, 0) is 11.2 Å². The third-order valence-corrected chi connectivity index (χ3v) is 6.72. The molecule has 164 valence electrons. The van der Waals surface area contributed by atoms with Gasteiger partial charge in [0.15, 0.2) is 5.78 Å². The summed E-state index contributed by atoms with van der Waals surface area (Å²) >= 11 is 0. The zero-order chi connectivity index (χ0) is 23.2. The van der Waals surface area contributed by atoms with Crippen LogP contribution < -0.4 is 10.6 Å². The number of rotatable bonds is 3. The first-order valence-electron chi connectivity index (χ1n) is 11.3. The van der Waals surface area contributed by atoms with Crippen molar-refractivity contribution in [3.8, 4) is 6.07 Å². The zero-order valence-electron chi connectivity index (χ0n) is 19.6. The molecule has 1 aliphatic heterocycles. The summed E-state index contributed by atoms with van der Waals surface area (Å²) in [4.78, 5) is 15.5. The first kappa shape index (κ1) is 21.9. The minimum Gasteiger partial charge on any atom is -0.384 e. The van der Waals surface area contributed by atoms with E-state index in [0.717, 1.165) is 46.5 Å². The van der Waals surface area contributed by atoms with E-state index < -0.39 is 5.92 Å². The van der Waals surface area contributed by atoms with Crippen LogP contribution in [0.2, 0.25) is 0 Å². The summed E-state index contributed by atoms with van der Waals surface area (Å²) in [6.45, 7) is 10.5. The molecule has 32 heavy (non-hydrogen) atoms. The van der Waals surface area contributed by atoms with Gasteiger partial charge in [0.1, 0.15) is 5.82 Å². The van der Waals surface area contributed by atoms with Gasteiger partial charge in [-0.2, -0.15) is 5.26 Å². The van der Waals surface area contributed by atoms with Crippen molar-refractivity contribution < 1.29 is 4.79 Å². The SMILES string of the molecule is CCc1ccc(N2C(N)=C(C#N)C(c3ccc(C)cc3C)C3=C2CC(C)(C)CC3=O)cc1. The normalized spacial score (nSPS) is 20.3. The summed E-state index contributed by atoms with van der Waals surface area (Å²) in [5, 5.41) is 10.2. The first-order chi connectivity index (χ1) is 15.2. The number of nitrogens with zero attached hydrogens (tertiary/aromatic N) is 2. The van der Waals surface area contributed by atoms with E-state index in [2.05, 4.69) is 45.0 Å². The average Bonchev–Trinajstić information content (AvgIpc) is 2.72. The van der Waals surface area contributed by atoms with Crippen LogP contribution in [0.1, 0.15) is 61.8 Å². The molecule has 1 atom stereocenters. The summed E-state index contributed by atoms with van der Waals surface area (Å²) in [6.07, 6.45) is 2.14. The van der Waals surface area contributed by atoms with Gasteiger partial charge in [-0.3, -0.25) is 9.69 Å². The van der Waals surface area contributed by atoms with Crippen molar-refractivity contribution in [2.45, 2.75) is 59.8 Å². The van der Waals surface area contributed by atoms with E-state index in [4.69, 9.17) is 5.73 Å². The minimum atomic E-state index is -0.426. The van der Waals surface area contributed by atoms with Gasteiger partial charge in [-0.25, -0.2) is 0 Å². The number of carbonyl (C=O) groups excluding carboxylic acids is 1. The minimum absolute atomic E-state index is 0.108. The number of benzene rings is 2. The lowest BCUT2D eigenvalue weighted by Gasteiger charge is -2.44. The van der Waals surface area contributed by atoms with Crippen LogP contribution in [0.4, 0.5) is 5.69 Å². The summed E-state index contributed by atoms with van der Waals surface area (Å²) in [5.74, 6) is 0.105. The second kappa shape index (κ2) is 7.98. The first-order valence-corrected chi connectivity index (χ1v) is 11.3. The van der Waals surface area contributed by atoms with Gasteiger partial charge in [0.05, 0.1) is 17.6 Å². The van der Waals surface area contributed by atoms with Crippen molar-refractivity contribution in [3.05, 3.63) is 87.4 Å². The maximum Gasteiger partial charge on any atom is 0.162 e.